The highest BCUT2D eigenvalue weighted by Crippen LogP contribution is 2.60. The average Bonchev–Trinajstić information content (AvgIpc) is 3.05. The number of nitrogens with zero attached hydrogens (tertiary/aromatic N) is 2. The van der Waals surface area contributed by atoms with E-state index < -0.39 is 0 Å². The van der Waals surface area contributed by atoms with Crippen molar-refractivity contribution in [3.8, 4) is 6.07 Å². The van der Waals surface area contributed by atoms with Gasteiger partial charge in [-0.25, -0.2) is 9.78 Å². The normalized spacial score (nSPS) is 23.9. The highest BCUT2D eigenvalue weighted by molar-refractivity contribution is 8.00. The fourth-order valence-electron chi connectivity index (χ4n) is 2.82. The molecular weight excluding hydrogens is 296 g/mol. The number of carbonyl (C=O) groups is 1. The maximum absolute atomic E-state index is 12.0. The fourth-order valence-corrected chi connectivity index (χ4v) is 4.37. The van der Waals surface area contributed by atoms with E-state index in [2.05, 4.69) is 27.8 Å². The number of hydrogen-bond acceptors (Lipinski definition) is 4. The predicted octanol–water partition coefficient (Wildman–Crippen LogP) is 2.72. The molecule has 1 aromatic carbocycles. The molecule has 1 saturated carbocycles. The van der Waals surface area contributed by atoms with Crippen LogP contribution >= 0.6 is 11.8 Å². The smallest absolute Gasteiger partial charge is 0.320 e. The van der Waals surface area contributed by atoms with E-state index in [4.69, 9.17) is 5.26 Å². The second kappa shape index (κ2) is 5.04. The Kier molecular flexibility index (Phi) is 3.01. The number of rotatable bonds is 2. The van der Waals surface area contributed by atoms with E-state index in [-0.39, 0.29) is 12.1 Å². The monoisotopic (exact) mass is 308 g/mol. The SMILES string of the molecule is N#Cc1ccc(NC(=O)NC2C3Sc4ccccc4C23)nc1. The van der Waals surface area contributed by atoms with Crippen molar-refractivity contribution in [2.45, 2.75) is 22.1 Å². The summed E-state index contributed by atoms with van der Waals surface area (Å²) in [6.45, 7) is 0. The van der Waals surface area contributed by atoms with Crippen LogP contribution in [0, 0.1) is 11.3 Å². The van der Waals surface area contributed by atoms with Crippen molar-refractivity contribution in [2.24, 2.45) is 0 Å². The van der Waals surface area contributed by atoms with Gasteiger partial charge in [-0.2, -0.15) is 5.26 Å². The Hall–Kier alpha value is -2.52. The maximum Gasteiger partial charge on any atom is 0.320 e. The highest BCUT2D eigenvalue weighted by atomic mass is 32.2. The fraction of sp³-hybridized carbons (Fsp3) is 0.188. The second-order valence-corrected chi connectivity index (χ2v) is 6.53. The lowest BCUT2D eigenvalue weighted by molar-refractivity contribution is 0.251. The number of urea groups is 1. The molecule has 1 aliphatic heterocycles. The number of carbonyl (C=O) groups excluding carboxylic acids is 1. The van der Waals surface area contributed by atoms with E-state index in [1.54, 1.807) is 12.1 Å². The van der Waals surface area contributed by atoms with Crippen molar-refractivity contribution in [3.63, 3.8) is 0 Å². The van der Waals surface area contributed by atoms with Crippen LogP contribution in [0.5, 0.6) is 0 Å². The summed E-state index contributed by atoms with van der Waals surface area (Å²) in [6, 6.07) is 13.5. The van der Waals surface area contributed by atoms with E-state index in [1.165, 1.54) is 16.7 Å². The summed E-state index contributed by atoms with van der Waals surface area (Å²) in [5, 5.41) is 14.9. The van der Waals surface area contributed by atoms with Gasteiger partial charge in [-0.3, -0.25) is 5.32 Å². The van der Waals surface area contributed by atoms with Crippen LogP contribution in [-0.4, -0.2) is 22.3 Å². The first-order chi connectivity index (χ1) is 10.8. The number of hydrogen-bond donors (Lipinski definition) is 2. The molecule has 3 unspecified atom stereocenters. The Morgan fingerprint density at radius 2 is 2.14 bits per heavy atom. The number of nitriles is 1. The summed E-state index contributed by atoms with van der Waals surface area (Å²) < 4.78 is 0. The van der Waals surface area contributed by atoms with Gasteiger partial charge in [0.05, 0.1) is 11.6 Å². The molecule has 1 aliphatic carbocycles. The van der Waals surface area contributed by atoms with Crippen molar-refractivity contribution < 1.29 is 4.79 Å². The Morgan fingerprint density at radius 3 is 2.91 bits per heavy atom. The molecule has 2 aromatic rings. The maximum atomic E-state index is 12.0. The topological polar surface area (TPSA) is 77.8 Å². The first kappa shape index (κ1) is 13.2. The zero-order chi connectivity index (χ0) is 15.1. The Morgan fingerprint density at radius 1 is 1.27 bits per heavy atom. The zero-order valence-corrected chi connectivity index (χ0v) is 12.3. The molecule has 3 atom stereocenters. The van der Waals surface area contributed by atoms with Crippen molar-refractivity contribution >= 4 is 23.6 Å². The number of anilines is 1. The van der Waals surface area contributed by atoms with Crippen LogP contribution in [0.3, 0.4) is 0 Å². The molecule has 0 saturated heterocycles. The van der Waals surface area contributed by atoms with E-state index in [0.717, 1.165) is 0 Å². The van der Waals surface area contributed by atoms with Gasteiger partial charge >= 0.3 is 6.03 Å². The number of benzene rings is 1. The summed E-state index contributed by atoms with van der Waals surface area (Å²) in [6.07, 6.45) is 1.44. The van der Waals surface area contributed by atoms with Gasteiger partial charge in [-0.15, -0.1) is 11.8 Å². The molecule has 108 valence electrons. The standard InChI is InChI=1S/C16H12N4OS/c17-7-9-5-6-12(18-8-9)19-16(21)20-14-13-10-3-1-2-4-11(10)22-15(13)14/h1-6,8,13-15H,(H2,18,19,20,21). The summed E-state index contributed by atoms with van der Waals surface area (Å²) in [5.74, 6) is 0.858. The molecule has 6 heteroatoms. The minimum atomic E-state index is -0.255. The minimum Gasteiger partial charge on any atom is -0.333 e. The van der Waals surface area contributed by atoms with Crippen LogP contribution < -0.4 is 10.6 Å². The molecule has 1 aromatic heterocycles. The first-order valence-electron chi connectivity index (χ1n) is 6.95. The molecule has 2 N–H and O–H groups in total. The molecule has 0 radical (unpaired) electrons. The largest absolute Gasteiger partial charge is 0.333 e. The van der Waals surface area contributed by atoms with E-state index in [9.17, 15) is 4.79 Å². The molecule has 0 bridgehead atoms. The molecule has 2 amide bonds. The Balaban J connectivity index is 1.38. The molecule has 1 fully saturated rings. The van der Waals surface area contributed by atoms with E-state index in [1.807, 2.05) is 30.0 Å². The number of amides is 2. The van der Waals surface area contributed by atoms with Gasteiger partial charge in [0.2, 0.25) is 0 Å². The predicted molar refractivity (Wildman–Crippen MR) is 83.7 cm³/mol. The van der Waals surface area contributed by atoms with Gasteiger partial charge in [-0.1, -0.05) is 18.2 Å². The molecule has 4 rings (SSSR count). The Bertz CT molecular complexity index is 783. The third kappa shape index (κ3) is 2.20. The molecule has 22 heavy (non-hydrogen) atoms. The summed E-state index contributed by atoms with van der Waals surface area (Å²) in [7, 11) is 0. The third-order valence-corrected chi connectivity index (χ3v) is 5.41. The van der Waals surface area contributed by atoms with Crippen molar-refractivity contribution in [2.75, 3.05) is 5.32 Å². The van der Waals surface area contributed by atoms with Crippen LogP contribution in [0.4, 0.5) is 10.6 Å². The number of nitrogens with one attached hydrogen (secondary N) is 2. The average molecular weight is 308 g/mol. The zero-order valence-electron chi connectivity index (χ0n) is 11.5. The van der Waals surface area contributed by atoms with Crippen molar-refractivity contribution in [1.29, 1.82) is 5.26 Å². The molecule has 2 aliphatic rings. The van der Waals surface area contributed by atoms with E-state index in [0.29, 0.717) is 22.5 Å². The quantitative estimate of drug-likeness (QED) is 0.894. The van der Waals surface area contributed by atoms with Crippen LogP contribution in [0.25, 0.3) is 0 Å². The lowest BCUT2D eigenvalue weighted by Gasteiger charge is -2.10. The third-order valence-electron chi connectivity index (χ3n) is 3.93. The second-order valence-electron chi connectivity index (χ2n) is 5.31. The van der Waals surface area contributed by atoms with Gasteiger partial charge in [0, 0.05) is 22.3 Å². The lowest BCUT2D eigenvalue weighted by Crippen LogP contribution is -2.33. The van der Waals surface area contributed by atoms with Gasteiger partial charge in [-0.05, 0) is 23.8 Å². The number of fused-ring (bicyclic) bond motifs is 3. The van der Waals surface area contributed by atoms with Gasteiger partial charge < -0.3 is 5.32 Å². The van der Waals surface area contributed by atoms with Gasteiger partial charge in [0.1, 0.15) is 11.9 Å². The van der Waals surface area contributed by atoms with Gasteiger partial charge in [0.25, 0.3) is 0 Å². The van der Waals surface area contributed by atoms with Crippen LogP contribution in [0.1, 0.15) is 17.0 Å². The van der Waals surface area contributed by atoms with Crippen LogP contribution in [-0.2, 0) is 0 Å². The summed E-state index contributed by atoms with van der Waals surface area (Å²) in [4.78, 5) is 17.4. The van der Waals surface area contributed by atoms with E-state index >= 15 is 0 Å². The number of thioether (sulfide) groups is 1. The highest BCUT2D eigenvalue weighted by Gasteiger charge is 2.57. The molecule has 5 nitrogen and oxygen atoms in total. The molecule has 2 heterocycles. The van der Waals surface area contributed by atoms with Crippen LogP contribution in [0.15, 0.2) is 47.5 Å². The summed E-state index contributed by atoms with van der Waals surface area (Å²) in [5.41, 5.74) is 1.80. The van der Waals surface area contributed by atoms with Crippen molar-refractivity contribution in [3.05, 3.63) is 53.7 Å². The first-order valence-corrected chi connectivity index (χ1v) is 7.83. The number of aromatic nitrogens is 1. The molecular formula is C16H12N4OS. The molecule has 0 spiro atoms. The van der Waals surface area contributed by atoms with Gasteiger partial charge in [0.15, 0.2) is 0 Å². The number of pyridine rings is 1. The lowest BCUT2D eigenvalue weighted by atomic mass is 10.1. The Labute approximate surface area is 131 Å². The van der Waals surface area contributed by atoms with Crippen molar-refractivity contribution in [1.82, 2.24) is 10.3 Å². The summed E-state index contributed by atoms with van der Waals surface area (Å²) >= 11 is 1.83. The minimum absolute atomic E-state index is 0.179. The van der Waals surface area contributed by atoms with Crippen LogP contribution in [0.2, 0.25) is 0 Å².